The van der Waals surface area contributed by atoms with Gasteiger partial charge in [0, 0.05) is 12.1 Å². The number of hydrogen-bond donors (Lipinski definition) is 2. The van der Waals surface area contributed by atoms with Gasteiger partial charge in [0.25, 0.3) is 5.91 Å². The molecule has 1 amide bonds. The zero-order valence-corrected chi connectivity index (χ0v) is 11.4. The first-order chi connectivity index (χ1) is 10.8. The summed E-state index contributed by atoms with van der Waals surface area (Å²) < 4.78 is 65.7. The first-order valence-corrected chi connectivity index (χ1v) is 6.36. The van der Waals surface area contributed by atoms with Crippen LogP contribution in [0.3, 0.4) is 0 Å². The molecule has 0 aliphatic carbocycles. The molecule has 0 bridgehead atoms. The second-order valence-electron chi connectivity index (χ2n) is 4.62. The highest BCUT2D eigenvalue weighted by Gasteiger charge is 2.20. The lowest BCUT2D eigenvalue weighted by Gasteiger charge is -2.14. The number of nitrogens with one attached hydrogen (secondary N) is 1. The van der Waals surface area contributed by atoms with Gasteiger partial charge in [-0.05, 0) is 24.3 Å². The maximum atomic E-state index is 13.4. The molecule has 2 rings (SSSR count). The molecular formula is C15H10F5NO2. The summed E-state index contributed by atoms with van der Waals surface area (Å²) in [4.78, 5) is 11.7. The van der Waals surface area contributed by atoms with Crippen molar-refractivity contribution in [2.75, 3.05) is 6.54 Å². The van der Waals surface area contributed by atoms with Crippen LogP contribution in [-0.2, 0) is 0 Å². The van der Waals surface area contributed by atoms with Gasteiger partial charge >= 0.3 is 0 Å². The zero-order valence-electron chi connectivity index (χ0n) is 11.4. The highest BCUT2D eigenvalue weighted by Crippen LogP contribution is 2.20. The van der Waals surface area contributed by atoms with Gasteiger partial charge in [0.15, 0.2) is 17.5 Å². The van der Waals surface area contributed by atoms with Crippen LogP contribution in [0.15, 0.2) is 30.3 Å². The summed E-state index contributed by atoms with van der Waals surface area (Å²) in [5, 5.41) is 11.8. The second kappa shape index (κ2) is 6.74. The Morgan fingerprint density at radius 1 is 1.00 bits per heavy atom. The minimum absolute atomic E-state index is 0.462. The molecule has 2 aromatic carbocycles. The predicted molar refractivity (Wildman–Crippen MR) is 70.0 cm³/mol. The first-order valence-electron chi connectivity index (χ1n) is 6.36. The quantitative estimate of drug-likeness (QED) is 0.669. The molecule has 23 heavy (non-hydrogen) atoms. The number of aliphatic hydroxyl groups is 1. The lowest BCUT2D eigenvalue weighted by molar-refractivity contribution is 0.0910. The summed E-state index contributed by atoms with van der Waals surface area (Å²) >= 11 is 0. The molecule has 0 spiro atoms. The van der Waals surface area contributed by atoms with Gasteiger partial charge in [0.05, 0.1) is 5.56 Å². The molecule has 0 aliphatic heterocycles. The smallest absolute Gasteiger partial charge is 0.251 e. The summed E-state index contributed by atoms with van der Waals surface area (Å²) in [6.07, 6.45) is -1.71. The number of amides is 1. The maximum absolute atomic E-state index is 13.4. The fourth-order valence-electron chi connectivity index (χ4n) is 1.91. The van der Waals surface area contributed by atoms with Crippen molar-refractivity contribution in [1.82, 2.24) is 5.32 Å². The molecule has 0 heterocycles. The third-order valence-electron chi connectivity index (χ3n) is 3.03. The van der Waals surface area contributed by atoms with Gasteiger partial charge in [0.2, 0.25) is 0 Å². The van der Waals surface area contributed by atoms with Crippen molar-refractivity contribution < 1.29 is 31.9 Å². The van der Waals surface area contributed by atoms with Gasteiger partial charge in [-0.25, -0.2) is 22.0 Å². The van der Waals surface area contributed by atoms with E-state index in [2.05, 4.69) is 0 Å². The Morgan fingerprint density at radius 3 is 2.04 bits per heavy atom. The van der Waals surface area contributed by atoms with Gasteiger partial charge < -0.3 is 10.4 Å². The molecule has 3 nitrogen and oxygen atoms in total. The molecule has 0 aliphatic rings. The number of halogens is 5. The predicted octanol–water partition coefficient (Wildman–Crippen LogP) is 2.85. The van der Waals surface area contributed by atoms with Crippen LogP contribution in [0.5, 0.6) is 0 Å². The summed E-state index contributed by atoms with van der Waals surface area (Å²) in [6, 6.07) is 3.87. The van der Waals surface area contributed by atoms with E-state index < -0.39 is 58.8 Å². The highest BCUT2D eigenvalue weighted by molar-refractivity contribution is 5.94. The van der Waals surface area contributed by atoms with Crippen LogP contribution in [-0.4, -0.2) is 17.6 Å². The Hall–Kier alpha value is -2.48. The van der Waals surface area contributed by atoms with Crippen molar-refractivity contribution in [2.24, 2.45) is 0 Å². The van der Waals surface area contributed by atoms with Crippen molar-refractivity contribution >= 4 is 5.91 Å². The van der Waals surface area contributed by atoms with E-state index in [-0.39, 0.29) is 0 Å². The molecule has 122 valence electrons. The zero-order chi connectivity index (χ0) is 17.1. The van der Waals surface area contributed by atoms with E-state index in [0.29, 0.717) is 12.1 Å². The van der Waals surface area contributed by atoms with Crippen molar-refractivity contribution in [3.8, 4) is 0 Å². The summed E-state index contributed by atoms with van der Waals surface area (Å²) in [6.45, 7) is -0.614. The van der Waals surface area contributed by atoms with E-state index in [4.69, 9.17) is 0 Å². The largest absolute Gasteiger partial charge is 0.386 e. The summed E-state index contributed by atoms with van der Waals surface area (Å²) in [7, 11) is 0. The molecule has 2 N–H and O–H groups in total. The number of aliphatic hydroxyl groups excluding tert-OH is 1. The molecule has 0 radical (unpaired) electrons. The van der Waals surface area contributed by atoms with Crippen LogP contribution in [0.2, 0.25) is 0 Å². The maximum Gasteiger partial charge on any atom is 0.251 e. The Morgan fingerprint density at radius 2 is 1.52 bits per heavy atom. The normalized spacial score (nSPS) is 12.1. The van der Waals surface area contributed by atoms with Crippen LogP contribution < -0.4 is 5.32 Å². The number of benzene rings is 2. The Balaban J connectivity index is 2.10. The molecule has 0 fully saturated rings. The number of carbonyl (C=O) groups excluding carboxylic acids is 1. The minimum Gasteiger partial charge on any atom is -0.386 e. The van der Waals surface area contributed by atoms with Crippen molar-refractivity contribution in [3.05, 3.63) is 70.5 Å². The average Bonchev–Trinajstić information content (AvgIpc) is 2.49. The van der Waals surface area contributed by atoms with E-state index >= 15 is 0 Å². The highest BCUT2D eigenvalue weighted by atomic mass is 19.2. The van der Waals surface area contributed by atoms with Gasteiger partial charge in [-0.15, -0.1) is 0 Å². The van der Waals surface area contributed by atoms with Crippen LogP contribution >= 0.6 is 0 Å². The Labute approximate surface area is 127 Å². The van der Waals surface area contributed by atoms with Crippen LogP contribution in [0.25, 0.3) is 0 Å². The molecule has 2 aromatic rings. The Bertz CT molecular complexity index is 707. The van der Waals surface area contributed by atoms with E-state index in [1.807, 2.05) is 5.32 Å². The standard InChI is InChI=1S/C15H10F5NO2/c16-8-2-1-3-9(17)13(8)12(22)6-21-15(23)7-4-10(18)14(20)11(19)5-7/h1-5,12,22H,6H2,(H,21,23). The van der Waals surface area contributed by atoms with Crippen molar-refractivity contribution in [3.63, 3.8) is 0 Å². The molecule has 1 atom stereocenters. The van der Waals surface area contributed by atoms with Crippen molar-refractivity contribution in [1.29, 1.82) is 0 Å². The third kappa shape index (κ3) is 3.65. The molecule has 0 aromatic heterocycles. The topological polar surface area (TPSA) is 49.3 Å². The lowest BCUT2D eigenvalue weighted by Crippen LogP contribution is -2.29. The SMILES string of the molecule is O=C(NCC(O)c1c(F)cccc1F)c1cc(F)c(F)c(F)c1. The van der Waals surface area contributed by atoms with Crippen molar-refractivity contribution in [2.45, 2.75) is 6.10 Å². The van der Waals surface area contributed by atoms with Gasteiger partial charge in [-0.3, -0.25) is 4.79 Å². The van der Waals surface area contributed by atoms with Gasteiger partial charge in [-0.1, -0.05) is 6.07 Å². The fourth-order valence-corrected chi connectivity index (χ4v) is 1.91. The second-order valence-corrected chi connectivity index (χ2v) is 4.62. The van der Waals surface area contributed by atoms with E-state index in [0.717, 1.165) is 18.2 Å². The van der Waals surface area contributed by atoms with Crippen LogP contribution in [0.1, 0.15) is 22.0 Å². The average molecular weight is 331 g/mol. The number of carbonyl (C=O) groups is 1. The molecule has 0 saturated carbocycles. The van der Waals surface area contributed by atoms with E-state index in [1.165, 1.54) is 0 Å². The Kier molecular flexibility index (Phi) is 4.95. The lowest BCUT2D eigenvalue weighted by atomic mass is 10.1. The fraction of sp³-hybridized carbons (Fsp3) is 0.133. The van der Waals surface area contributed by atoms with E-state index in [1.54, 1.807) is 0 Å². The van der Waals surface area contributed by atoms with Crippen LogP contribution in [0.4, 0.5) is 22.0 Å². The molecule has 1 unspecified atom stereocenters. The first kappa shape index (κ1) is 16.9. The molecule has 0 saturated heterocycles. The monoisotopic (exact) mass is 331 g/mol. The summed E-state index contributed by atoms with van der Waals surface area (Å²) in [5.41, 5.74) is -1.19. The van der Waals surface area contributed by atoms with Gasteiger partial charge in [0.1, 0.15) is 17.7 Å². The molecular weight excluding hydrogens is 321 g/mol. The van der Waals surface area contributed by atoms with Crippen LogP contribution in [0, 0.1) is 29.1 Å². The third-order valence-corrected chi connectivity index (χ3v) is 3.03. The number of rotatable bonds is 4. The molecule has 8 heteroatoms. The van der Waals surface area contributed by atoms with Gasteiger partial charge in [-0.2, -0.15) is 0 Å². The summed E-state index contributed by atoms with van der Waals surface area (Å²) in [5.74, 6) is -7.91. The minimum atomic E-state index is -1.73. The number of hydrogen-bond acceptors (Lipinski definition) is 2. The van der Waals surface area contributed by atoms with E-state index in [9.17, 15) is 31.9 Å².